The highest BCUT2D eigenvalue weighted by Gasteiger charge is 2.47. The van der Waals surface area contributed by atoms with Crippen molar-refractivity contribution in [3.63, 3.8) is 0 Å². The number of nitrogens with zero attached hydrogens (tertiary/aromatic N) is 5. The standard InChI is InChI=1S/C20H29N5O2/c26-18-16-6-1-2-7-17(16)19(27)25(18)11-4-3-10-23-12-14-24(15-13-23)20-21-8-5-9-22-20/h5,8-9,16-17H,1-4,6-7,10-15H2/t16-,17+. The van der Waals surface area contributed by atoms with Crippen molar-refractivity contribution in [3.8, 4) is 0 Å². The van der Waals surface area contributed by atoms with Gasteiger partial charge in [0.2, 0.25) is 17.8 Å². The third-order valence-electron chi connectivity index (χ3n) is 6.25. The summed E-state index contributed by atoms with van der Waals surface area (Å²) < 4.78 is 0. The third kappa shape index (κ3) is 3.98. The molecule has 1 aromatic heterocycles. The van der Waals surface area contributed by atoms with Crippen LogP contribution in [0.15, 0.2) is 18.5 Å². The van der Waals surface area contributed by atoms with E-state index < -0.39 is 0 Å². The molecule has 2 aliphatic heterocycles. The topological polar surface area (TPSA) is 69.6 Å². The molecule has 1 aromatic rings. The number of imide groups is 1. The fourth-order valence-electron chi connectivity index (χ4n) is 4.68. The average molecular weight is 371 g/mol. The van der Waals surface area contributed by atoms with Gasteiger partial charge >= 0.3 is 0 Å². The lowest BCUT2D eigenvalue weighted by Gasteiger charge is -2.34. The zero-order valence-electron chi connectivity index (χ0n) is 15.9. The van der Waals surface area contributed by atoms with Crippen LogP contribution in [0.25, 0.3) is 0 Å². The molecular weight excluding hydrogens is 342 g/mol. The number of piperazine rings is 1. The van der Waals surface area contributed by atoms with E-state index in [1.807, 2.05) is 6.07 Å². The third-order valence-corrected chi connectivity index (χ3v) is 6.25. The first-order valence-electron chi connectivity index (χ1n) is 10.3. The number of amides is 2. The summed E-state index contributed by atoms with van der Waals surface area (Å²) in [5.41, 5.74) is 0. The molecule has 3 heterocycles. The van der Waals surface area contributed by atoms with Crippen molar-refractivity contribution in [1.82, 2.24) is 19.8 Å². The Bertz CT molecular complexity index is 636. The van der Waals surface area contributed by atoms with Gasteiger partial charge in [-0.1, -0.05) is 12.8 Å². The first-order chi connectivity index (χ1) is 13.2. The average Bonchev–Trinajstić information content (AvgIpc) is 2.97. The van der Waals surface area contributed by atoms with Crippen LogP contribution in [0.5, 0.6) is 0 Å². The fourth-order valence-corrected chi connectivity index (χ4v) is 4.68. The lowest BCUT2D eigenvalue weighted by Crippen LogP contribution is -2.47. The number of anilines is 1. The summed E-state index contributed by atoms with van der Waals surface area (Å²) >= 11 is 0. The molecule has 3 aliphatic rings. The van der Waals surface area contributed by atoms with Crippen LogP contribution in [0.4, 0.5) is 5.95 Å². The van der Waals surface area contributed by atoms with E-state index in [4.69, 9.17) is 0 Å². The largest absolute Gasteiger partial charge is 0.338 e. The number of fused-ring (bicyclic) bond motifs is 1. The number of carbonyl (C=O) groups is 2. The maximum atomic E-state index is 12.5. The molecule has 146 valence electrons. The first kappa shape index (κ1) is 18.3. The quantitative estimate of drug-likeness (QED) is 0.558. The van der Waals surface area contributed by atoms with E-state index >= 15 is 0 Å². The summed E-state index contributed by atoms with van der Waals surface area (Å²) in [6, 6.07) is 1.84. The molecule has 4 rings (SSSR count). The van der Waals surface area contributed by atoms with Crippen LogP contribution in [0.1, 0.15) is 38.5 Å². The van der Waals surface area contributed by atoms with Crippen molar-refractivity contribution in [2.75, 3.05) is 44.2 Å². The molecule has 3 fully saturated rings. The monoisotopic (exact) mass is 371 g/mol. The van der Waals surface area contributed by atoms with E-state index in [2.05, 4.69) is 19.8 Å². The number of hydrogen-bond donors (Lipinski definition) is 0. The Morgan fingerprint density at radius 2 is 1.44 bits per heavy atom. The maximum Gasteiger partial charge on any atom is 0.233 e. The lowest BCUT2D eigenvalue weighted by molar-refractivity contribution is -0.140. The molecule has 0 bridgehead atoms. The van der Waals surface area contributed by atoms with Gasteiger partial charge in [-0.15, -0.1) is 0 Å². The predicted molar refractivity (Wildman–Crippen MR) is 102 cm³/mol. The second-order valence-electron chi connectivity index (χ2n) is 7.91. The normalized spacial score (nSPS) is 26.5. The molecule has 0 N–H and O–H groups in total. The van der Waals surface area contributed by atoms with E-state index in [0.29, 0.717) is 6.54 Å². The number of hydrogen-bond acceptors (Lipinski definition) is 6. The van der Waals surface area contributed by atoms with E-state index in [0.717, 1.165) is 77.2 Å². The van der Waals surface area contributed by atoms with E-state index in [1.54, 1.807) is 17.3 Å². The van der Waals surface area contributed by atoms with Gasteiger partial charge in [-0.25, -0.2) is 9.97 Å². The molecule has 2 amide bonds. The highest BCUT2D eigenvalue weighted by atomic mass is 16.2. The summed E-state index contributed by atoms with van der Waals surface area (Å²) in [4.78, 5) is 39.9. The second-order valence-corrected chi connectivity index (χ2v) is 7.91. The predicted octanol–water partition coefficient (Wildman–Crippen LogP) is 1.55. The molecule has 1 aliphatic carbocycles. The molecule has 2 atom stereocenters. The maximum absolute atomic E-state index is 12.5. The number of aromatic nitrogens is 2. The molecule has 27 heavy (non-hydrogen) atoms. The summed E-state index contributed by atoms with van der Waals surface area (Å²) in [7, 11) is 0. The summed E-state index contributed by atoms with van der Waals surface area (Å²) in [5.74, 6) is 0.978. The van der Waals surface area contributed by atoms with Gasteiger partial charge in [0.15, 0.2) is 0 Å². The highest BCUT2D eigenvalue weighted by Crippen LogP contribution is 2.38. The minimum atomic E-state index is -0.0143. The Balaban J connectivity index is 1.17. The molecule has 2 saturated heterocycles. The van der Waals surface area contributed by atoms with E-state index in [1.165, 1.54) is 0 Å². The Labute approximate surface area is 160 Å². The summed E-state index contributed by atoms with van der Waals surface area (Å²) in [6.07, 6.45) is 9.48. The molecular formula is C20H29N5O2. The number of rotatable bonds is 6. The molecule has 0 aromatic carbocycles. The van der Waals surface area contributed by atoms with Gasteiger partial charge in [-0.2, -0.15) is 0 Å². The number of carbonyl (C=O) groups excluding carboxylic acids is 2. The molecule has 1 saturated carbocycles. The molecule has 7 heteroatoms. The fraction of sp³-hybridized carbons (Fsp3) is 0.700. The second kappa shape index (κ2) is 8.33. The smallest absolute Gasteiger partial charge is 0.233 e. The van der Waals surface area contributed by atoms with Crippen LogP contribution in [-0.4, -0.2) is 70.9 Å². The highest BCUT2D eigenvalue weighted by molar-refractivity contribution is 6.05. The van der Waals surface area contributed by atoms with Crippen LogP contribution in [0.2, 0.25) is 0 Å². The van der Waals surface area contributed by atoms with Gasteiger partial charge in [0.05, 0.1) is 11.8 Å². The minimum absolute atomic E-state index is 0.0143. The summed E-state index contributed by atoms with van der Waals surface area (Å²) in [6.45, 7) is 5.51. The van der Waals surface area contributed by atoms with Crippen LogP contribution >= 0.6 is 0 Å². The van der Waals surface area contributed by atoms with E-state index in [-0.39, 0.29) is 23.7 Å². The number of unbranched alkanes of at least 4 members (excludes halogenated alkanes) is 1. The van der Waals surface area contributed by atoms with Crippen LogP contribution < -0.4 is 4.90 Å². The van der Waals surface area contributed by atoms with Crippen molar-refractivity contribution in [3.05, 3.63) is 18.5 Å². The van der Waals surface area contributed by atoms with Gasteiger partial charge in [-0.3, -0.25) is 19.4 Å². The van der Waals surface area contributed by atoms with Gasteiger partial charge in [0, 0.05) is 45.1 Å². The Morgan fingerprint density at radius 1 is 0.852 bits per heavy atom. The molecule has 0 unspecified atom stereocenters. The molecule has 0 radical (unpaired) electrons. The first-order valence-corrected chi connectivity index (χ1v) is 10.3. The lowest BCUT2D eigenvalue weighted by atomic mass is 9.81. The van der Waals surface area contributed by atoms with Crippen molar-refractivity contribution >= 4 is 17.8 Å². The van der Waals surface area contributed by atoms with Gasteiger partial charge in [-0.05, 0) is 38.3 Å². The van der Waals surface area contributed by atoms with Gasteiger partial charge in [0.25, 0.3) is 0 Å². The van der Waals surface area contributed by atoms with Crippen molar-refractivity contribution in [1.29, 1.82) is 0 Å². The van der Waals surface area contributed by atoms with E-state index in [9.17, 15) is 9.59 Å². The number of likely N-dealkylation sites (tertiary alicyclic amines) is 1. The molecule has 0 spiro atoms. The van der Waals surface area contributed by atoms with Crippen LogP contribution in [-0.2, 0) is 9.59 Å². The van der Waals surface area contributed by atoms with Crippen LogP contribution in [0, 0.1) is 11.8 Å². The van der Waals surface area contributed by atoms with Gasteiger partial charge in [0.1, 0.15) is 0 Å². The Kier molecular flexibility index (Phi) is 5.66. The van der Waals surface area contributed by atoms with Crippen molar-refractivity contribution in [2.24, 2.45) is 11.8 Å². The Morgan fingerprint density at radius 3 is 2.07 bits per heavy atom. The zero-order chi connectivity index (χ0) is 18.6. The Hall–Kier alpha value is -2.02. The SMILES string of the molecule is O=C1[C@H]2CCCC[C@H]2C(=O)N1CCCCN1CCN(c2ncccn2)CC1. The van der Waals surface area contributed by atoms with Crippen molar-refractivity contribution in [2.45, 2.75) is 38.5 Å². The van der Waals surface area contributed by atoms with Crippen molar-refractivity contribution < 1.29 is 9.59 Å². The van der Waals surface area contributed by atoms with Gasteiger partial charge < -0.3 is 4.90 Å². The summed E-state index contributed by atoms with van der Waals surface area (Å²) in [5, 5.41) is 0. The minimum Gasteiger partial charge on any atom is -0.338 e. The molecule has 7 nitrogen and oxygen atoms in total. The zero-order valence-corrected chi connectivity index (χ0v) is 15.9. The van der Waals surface area contributed by atoms with Crippen LogP contribution in [0.3, 0.4) is 0 Å².